The standard InChI is InChI=1S/C24H32N2O4.2ClH/c1-18(23(27)20-16-21(28-2)24(30-4)22(17-20)29-3)26-14-12-25(13-15-26)11-10-19-8-6-5-7-9-19;;/h5-9,16-18H,10-15H2,1-4H3;2*1H. The fourth-order valence-corrected chi connectivity index (χ4v) is 3.94. The highest BCUT2D eigenvalue weighted by Gasteiger charge is 2.27. The first-order valence-corrected chi connectivity index (χ1v) is 10.4. The third-order valence-electron chi connectivity index (χ3n) is 5.84. The van der Waals surface area contributed by atoms with Crippen molar-refractivity contribution in [2.24, 2.45) is 0 Å². The van der Waals surface area contributed by atoms with Crippen molar-refractivity contribution in [1.29, 1.82) is 0 Å². The molecule has 32 heavy (non-hydrogen) atoms. The van der Waals surface area contributed by atoms with Crippen LogP contribution in [0.1, 0.15) is 22.8 Å². The SMILES string of the molecule is COc1cc(C(=O)C(C)N2CCN(CCc3ccccc3)CC2)cc(OC)c1OC.Cl.Cl. The van der Waals surface area contributed by atoms with Gasteiger partial charge in [0.2, 0.25) is 5.75 Å². The molecule has 0 spiro atoms. The Hall–Kier alpha value is -1.99. The second-order valence-corrected chi connectivity index (χ2v) is 7.57. The van der Waals surface area contributed by atoms with Gasteiger partial charge in [0.25, 0.3) is 0 Å². The minimum atomic E-state index is -0.205. The highest BCUT2D eigenvalue weighted by atomic mass is 35.5. The summed E-state index contributed by atoms with van der Waals surface area (Å²) >= 11 is 0. The van der Waals surface area contributed by atoms with E-state index in [2.05, 4.69) is 40.1 Å². The molecule has 178 valence electrons. The van der Waals surface area contributed by atoms with Crippen LogP contribution in [0.15, 0.2) is 42.5 Å². The van der Waals surface area contributed by atoms with E-state index < -0.39 is 0 Å². The Labute approximate surface area is 203 Å². The fourth-order valence-electron chi connectivity index (χ4n) is 3.94. The van der Waals surface area contributed by atoms with Gasteiger partial charge < -0.3 is 19.1 Å². The van der Waals surface area contributed by atoms with Gasteiger partial charge in [-0.3, -0.25) is 9.69 Å². The van der Waals surface area contributed by atoms with Crippen molar-refractivity contribution in [3.63, 3.8) is 0 Å². The molecule has 1 heterocycles. The summed E-state index contributed by atoms with van der Waals surface area (Å²) in [6.07, 6.45) is 1.06. The summed E-state index contributed by atoms with van der Waals surface area (Å²) in [6.45, 7) is 6.73. The Bertz CT molecular complexity index is 818. The van der Waals surface area contributed by atoms with Crippen molar-refractivity contribution in [2.75, 3.05) is 54.1 Å². The summed E-state index contributed by atoms with van der Waals surface area (Å²) < 4.78 is 16.1. The maximum Gasteiger partial charge on any atom is 0.203 e. The number of nitrogens with zero attached hydrogens (tertiary/aromatic N) is 2. The molecule has 3 rings (SSSR count). The lowest BCUT2D eigenvalue weighted by molar-refractivity contribution is 0.0702. The van der Waals surface area contributed by atoms with Crippen LogP contribution in [0.2, 0.25) is 0 Å². The van der Waals surface area contributed by atoms with E-state index in [1.165, 1.54) is 5.56 Å². The van der Waals surface area contributed by atoms with Gasteiger partial charge in [-0.05, 0) is 31.0 Å². The predicted molar refractivity (Wildman–Crippen MR) is 133 cm³/mol. The third kappa shape index (κ3) is 6.75. The molecule has 0 bridgehead atoms. The van der Waals surface area contributed by atoms with Crippen molar-refractivity contribution in [1.82, 2.24) is 9.80 Å². The molecule has 0 aromatic heterocycles. The molecule has 0 aliphatic carbocycles. The molecular weight excluding hydrogens is 451 g/mol. The van der Waals surface area contributed by atoms with Gasteiger partial charge in [0.1, 0.15) is 0 Å². The van der Waals surface area contributed by atoms with E-state index >= 15 is 0 Å². The highest BCUT2D eigenvalue weighted by molar-refractivity contribution is 6.01. The largest absolute Gasteiger partial charge is 0.493 e. The zero-order valence-electron chi connectivity index (χ0n) is 19.2. The zero-order chi connectivity index (χ0) is 21.5. The maximum absolute atomic E-state index is 13.2. The van der Waals surface area contributed by atoms with Crippen LogP contribution in [0.4, 0.5) is 0 Å². The number of carbonyl (C=O) groups excluding carboxylic acids is 1. The van der Waals surface area contributed by atoms with Gasteiger partial charge in [0.05, 0.1) is 27.4 Å². The average molecular weight is 485 g/mol. The van der Waals surface area contributed by atoms with E-state index in [0.717, 1.165) is 39.1 Å². The topological polar surface area (TPSA) is 51.2 Å². The molecule has 1 aliphatic heterocycles. The lowest BCUT2D eigenvalue weighted by Gasteiger charge is -2.37. The maximum atomic E-state index is 13.2. The molecule has 2 aromatic carbocycles. The van der Waals surface area contributed by atoms with E-state index in [9.17, 15) is 4.79 Å². The number of rotatable bonds is 9. The lowest BCUT2D eigenvalue weighted by atomic mass is 10.0. The van der Waals surface area contributed by atoms with Crippen molar-refractivity contribution < 1.29 is 19.0 Å². The smallest absolute Gasteiger partial charge is 0.203 e. The number of piperazine rings is 1. The normalized spacial score (nSPS) is 15.1. The molecule has 1 unspecified atom stereocenters. The van der Waals surface area contributed by atoms with Crippen LogP contribution in [0.25, 0.3) is 0 Å². The Morgan fingerprint density at radius 1 is 0.906 bits per heavy atom. The van der Waals surface area contributed by atoms with Crippen molar-refractivity contribution >= 4 is 30.6 Å². The van der Waals surface area contributed by atoms with Crippen LogP contribution in [-0.4, -0.2) is 75.7 Å². The van der Waals surface area contributed by atoms with Crippen LogP contribution in [-0.2, 0) is 6.42 Å². The Morgan fingerprint density at radius 3 is 1.97 bits per heavy atom. The first-order valence-electron chi connectivity index (χ1n) is 10.4. The first-order chi connectivity index (χ1) is 14.6. The summed E-state index contributed by atoms with van der Waals surface area (Å²) in [5.41, 5.74) is 1.94. The van der Waals surface area contributed by atoms with E-state index in [1.807, 2.05) is 6.92 Å². The molecular formula is C24H34Cl2N2O4. The summed E-state index contributed by atoms with van der Waals surface area (Å²) in [4.78, 5) is 17.9. The number of Topliss-reactive ketones (excluding diaryl/α,β-unsaturated/α-hetero) is 1. The number of hydrogen-bond acceptors (Lipinski definition) is 6. The van der Waals surface area contributed by atoms with E-state index in [-0.39, 0.29) is 36.6 Å². The molecule has 8 heteroatoms. The summed E-state index contributed by atoms with van der Waals surface area (Å²) in [7, 11) is 4.68. The van der Waals surface area contributed by atoms with Gasteiger partial charge in [-0.15, -0.1) is 24.8 Å². The quantitative estimate of drug-likeness (QED) is 0.501. The van der Waals surface area contributed by atoms with E-state index in [4.69, 9.17) is 14.2 Å². The average Bonchev–Trinajstić information content (AvgIpc) is 2.81. The number of ketones is 1. The van der Waals surface area contributed by atoms with Gasteiger partial charge in [0, 0.05) is 38.3 Å². The summed E-state index contributed by atoms with van der Waals surface area (Å²) in [5.74, 6) is 1.56. The van der Waals surface area contributed by atoms with Crippen LogP contribution in [0.5, 0.6) is 17.2 Å². The van der Waals surface area contributed by atoms with Gasteiger partial charge in [-0.1, -0.05) is 30.3 Å². The van der Waals surface area contributed by atoms with Crippen LogP contribution in [0.3, 0.4) is 0 Å². The first kappa shape index (κ1) is 28.0. The van der Waals surface area contributed by atoms with Gasteiger partial charge in [-0.25, -0.2) is 0 Å². The molecule has 0 N–H and O–H groups in total. The summed E-state index contributed by atoms with van der Waals surface area (Å²) in [6, 6.07) is 13.8. The minimum Gasteiger partial charge on any atom is -0.493 e. The second-order valence-electron chi connectivity index (χ2n) is 7.57. The van der Waals surface area contributed by atoms with Crippen LogP contribution < -0.4 is 14.2 Å². The third-order valence-corrected chi connectivity index (χ3v) is 5.84. The number of carbonyl (C=O) groups is 1. The Morgan fingerprint density at radius 2 is 1.47 bits per heavy atom. The molecule has 1 atom stereocenters. The number of ether oxygens (including phenoxy) is 3. The van der Waals surface area contributed by atoms with Gasteiger partial charge >= 0.3 is 0 Å². The number of methoxy groups -OCH3 is 3. The predicted octanol–water partition coefficient (Wildman–Crippen LogP) is 3.99. The molecule has 0 radical (unpaired) electrons. The number of benzene rings is 2. The Balaban J connectivity index is 0.00000256. The molecule has 1 fully saturated rings. The van der Waals surface area contributed by atoms with Crippen LogP contribution >= 0.6 is 24.8 Å². The highest BCUT2D eigenvalue weighted by Crippen LogP contribution is 2.38. The number of halogens is 2. The molecule has 2 aromatic rings. The monoisotopic (exact) mass is 484 g/mol. The molecule has 1 saturated heterocycles. The minimum absolute atomic E-state index is 0. The zero-order valence-corrected chi connectivity index (χ0v) is 20.8. The van der Waals surface area contributed by atoms with E-state index in [0.29, 0.717) is 22.8 Å². The van der Waals surface area contributed by atoms with Crippen LogP contribution in [0, 0.1) is 0 Å². The summed E-state index contributed by atoms with van der Waals surface area (Å²) in [5, 5.41) is 0. The van der Waals surface area contributed by atoms with Crippen molar-refractivity contribution in [2.45, 2.75) is 19.4 Å². The molecule has 0 amide bonds. The van der Waals surface area contributed by atoms with Crippen molar-refractivity contribution in [3.05, 3.63) is 53.6 Å². The second kappa shape index (κ2) is 13.5. The number of hydrogen-bond donors (Lipinski definition) is 0. The molecule has 1 aliphatic rings. The Kier molecular flexibility index (Phi) is 11.9. The molecule has 6 nitrogen and oxygen atoms in total. The van der Waals surface area contributed by atoms with Crippen molar-refractivity contribution in [3.8, 4) is 17.2 Å². The van der Waals surface area contributed by atoms with Gasteiger partial charge in [-0.2, -0.15) is 0 Å². The van der Waals surface area contributed by atoms with E-state index in [1.54, 1.807) is 33.5 Å². The lowest BCUT2D eigenvalue weighted by Crippen LogP contribution is -2.52. The molecule has 0 saturated carbocycles. The van der Waals surface area contributed by atoms with Gasteiger partial charge in [0.15, 0.2) is 17.3 Å². The fraction of sp³-hybridized carbons (Fsp3) is 0.458.